The van der Waals surface area contributed by atoms with Crippen LogP contribution in [0, 0.1) is 0 Å². The highest BCUT2D eigenvalue weighted by Crippen LogP contribution is 2.42. The van der Waals surface area contributed by atoms with Gasteiger partial charge in [-0.15, -0.1) is 6.58 Å². The number of likely N-dealkylation sites (N-methyl/N-ethyl adjacent to an activating group) is 1. The first-order valence-electron chi connectivity index (χ1n) is 9.09. The number of imide groups is 1. The molecule has 3 amide bonds. The summed E-state index contributed by atoms with van der Waals surface area (Å²) in [5, 5.41) is 0. The number of anilines is 1. The molecule has 3 heterocycles. The Labute approximate surface area is 164 Å². The predicted octanol–water partition coefficient (Wildman–Crippen LogP) is 2.21. The number of rotatable bonds is 4. The van der Waals surface area contributed by atoms with Crippen LogP contribution in [-0.2, 0) is 4.79 Å². The number of hydrogen-bond acceptors (Lipinski definition) is 6. The molecule has 8 heteroatoms. The molecule has 28 heavy (non-hydrogen) atoms. The Morgan fingerprint density at radius 3 is 2.61 bits per heavy atom. The number of fused-ring (bicyclic) bond motifs is 3. The van der Waals surface area contributed by atoms with Crippen molar-refractivity contribution in [1.29, 1.82) is 0 Å². The van der Waals surface area contributed by atoms with Gasteiger partial charge < -0.3 is 9.64 Å². The van der Waals surface area contributed by atoms with Crippen LogP contribution in [0.3, 0.4) is 0 Å². The molecule has 0 bridgehead atoms. The van der Waals surface area contributed by atoms with Crippen LogP contribution in [-0.4, -0.2) is 65.5 Å². The topological polar surface area (TPSA) is 68.7 Å². The number of carbonyl (C=O) groups excluding carboxylic acids is 2. The Morgan fingerprint density at radius 1 is 1.21 bits per heavy atom. The smallest absolute Gasteiger partial charge is 0.328 e. The molecule has 2 atom stereocenters. The average molecular weight is 381 g/mol. The number of amides is 3. The molecule has 0 spiro atoms. The largest absolute Gasteiger partial charge is 0.495 e. The van der Waals surface area contributed by atoms with Crippen LogP contribution in [0.15, 0.2) is 53.3 Å². The summed E-state index contributed by atoms with van der Waals surface area (Å²) >= 11 is 0. The summed E-state index contributed by atoms with van der Waals surface area (Å²) in [6.07, 6.45) is 0.982. The van der Waals surface area contributed by atoms with E-state index in [4.69, 9.17) is 9.73 Å². The highest BCUT2D eigenvalue weighted by Gasteiger charge is 2.55. The predicted molar refractivity (Wildman–Crippen MR) is 106 cm³/mol. The third-order valence-corrected chi connectivity index (χ3v) is 5.53. The summed E-state index contributed by atoms with van der Waals surface area (Å²) < 4.78 is 5.53. The van der Waals surface area contributed by atoms with Crippen LogP contribution in [0.2, 0.25) is 0 Å². The lowest BCUT2D eigenvalue weighted by molar-refractivity contribution is -0.136. The lowest BCUT2D eigenvalue weighted by Gasteiger charge is -2.40. The zero-order valence-corrected chi connectivity index (χ0v) is 16.4. The molecular weight excluding hydrogens is 358 g/mol. The fourth-order valence-electron chi connectivity index (χ4n) is 4.01. The fourth-order valence-corrected chi connectivity index (χ4v) is 4.01. The molecule has 0 saturated carbocycles. The number of guanidine groups is 1. The molecule has 0 aliphatic carbocycles. The maximum absolute atomic E-state index is 13.2. The number of para-hydroxylation sites is 2. The molecule has 1 fully saturated rings. The number of urea groups is 1. The van der Waals surface area contributed by atoms with Crippen LogP contribution >= 0.6 is 0 Å². The minimum absolute atomic E-state index is 0.173. The fraction of sp³-hybridized carbons (Fsp3) is 0.350. The molecule has 3 aliphatic heterocycles. The van der Waals surface area contributed by atoms with Crippen LogP contribution in [0.25, 0.3) is 0 Å². The lowest BCUT2D eigenvalue weighted by atomic mass is 10.1. The zero-order valence-electron chi connectivity index (χ0n) is 16.4. The Bertz CT molecular complexity index is 938. The van der Waals surface area contributed by atoms with Crippen molar-refractivity contribution in [3.63, 3.8) is 0 Å². The monoisotopic (exact) mass is 381 g/mol. The van der Waals surface area contributed by atoms with E-state index >= 15 is 0 Å². The number of aliphatic imine (C=N–C) groups is 1. The molecule has 1 aromatic carbocycles. The van der Waals surface area contributed by atoms with E-state index in [-0.39, 0.29) is 18.5 Å². The van der Waals surface area contributed by atoms with Crippen molar-refractivity contribution in [1.82, 2.24) is 14.7 Å². The number of carbonyl (C=O) groups is 2. The number of nitrogens with zero attached hydrogens (tertiary/aromatic N) is 5. The molecule has 0 aromatic heterocycles. The van der Waals surface area contributed by atoms with Crippen molar-refractivity contribution in [2.24, 2.45) is 4.99 Å². The third kappa shape index (κ3) is 2.27. The third-order valence-electron chi connectivity index (χ3n) is 5.53. The minimum Gasteiger partial charge on any atom is -0.495 e. The van der Waals surface area contributed by atoms with Gasteiger partial charge in [-0.2, -0.15) is 0 Å². The molecule has 8 nitrogen and oxygen atoms in total. The van der Waals surface area contributed by atoms with Gasteiger partial charge in [0.25, 0.3) is 5.91 Å². The number of methoxy groups -OCH3 is 1. The van der Waals surface area contributed by atoms with E-state index in [1.165, 1.54) is 9.80 Å². The van der Waals surface area contributed by atoms with Crippen molar-refractivity contribution >= 4 is 23.6 Å². The summed E-state index contributed by atoms with van der Waals surface area (Å²) in [6, 6.07) is 6.71. The van der Waals surface area contributed by atoms with Gasteiger partial charge >= 0.3 is 6.03 Å². The average Bonchev–Trinajstić information content (AvgIpc) is 3.19. The second kappa shape index (κ2) is 6.40. The van der Waals surface area contributed by atoms with Gasteiger partial charge in [0.2, 0.25) is 5.96 Å². The van der Waals surface area contributed by atoms with Gasteiger partial charge in [-0.3, -0.25) is 19.5 Å². The van der Waals surface area contributed by atoms with E-state index in [1.54, 1.807) is 20.2 Å². The molecule has 1 aromatic rings. The summed E-state index contributed by atoms with van der Waals surface area (Å²) in [5.74, 6) is 1.07. The standard InChI is InChI=1S/C20H23N5O3/c1-6-11-23-18(26)16-17(22(4)20(23)27)21-19-24(12(2)13(3)25(16)19)14-9-7-8-10-15(14)28-5/h6-10,16-17H,1,11H2,2-5H3. The highest BCUT2D eigenvalue weighted by atomic mass is 16.5. The summed E-state index contributed by atoms with van der Waals surface area (Å²) in [7, 11) is 3.30. The van der Waals surface area contributed by atoms with Gasteiger partial charge in [-0.1, -0.05) is 18.2 Å². The minimum atomic E-state index is -0.590. The van der Waals surface area contributed by atoms with Crippen LogP contribution in [0.5, 0.6) is 5.75 Å². The SMILES string of the molecule is C=CCN1C(=O)C2C(N=C3N(c4ccccc4OC)C(C)=C(C)N32)N(C)C1=O. The van der Waals surface area contributed by atoms with E-state index in [0.717, 1.165) is 17.1 Å². The van der Waals surface area contributed by atoms with E-state index in [2.05, 4.69) is 6.58 Å². The van der Waals surface area contributed by atoms with E-state index in [9.17, 15) is 9.59 Å². The van der Waals surface area contributed by atoms with Gasteiger partial charge in [0.1, 0.15) is 5.75 Å². The van der Waals surface area contributed by atoms with E-state index in [1.807, 2.05) is 47.9 Å². The first-order chi connectivity index (χ1) is 13.4. The molecule has 2 unspecified atom stereocenters. The van der Waals surface area contributed by atoms with E-state index < -0.39 is 12.2 Å². The molecule has 1 saturated heterocycles. The van der Waals surface area contributed by atoms with Crippen LogP contribution in [0.1, 0.15) is 13.8 Å². The maximum atomic E-state index is 13.2. The Morgan fingerprint density at radius 2 is 1.93 bits per heavy atom. The van der Waals surface area contributed by atoms with Gasteiger partial charge in [-0.25, -0.2) is 9.79 Å². The molecule has 3 aliphatic rings. The van der Waals surface area contributed by atoms with Crippen molar-refractivity contribution in [3.8, 4) is 5.75 Å². The summed E-state index contributed by atoms with van der Waals surface area (Å²) in [6.45, 7) is 7.78. The normalized spacial score (nSPS) is 23.9. The summed E-state index contributed by atoms with van der Waals surface area (Å²) in [4.78, 5) is 37.2. The van der Waals surface area contributed by atoms with Crippen molar-refractivity contribution in [2.75, 3.05) is 25.6 Å². The Hall–Kier alpha value is -3.29. The van der Waals surface area contributed by atoms with Gasteiger partial charge in [0.05, 0.1) is 12.8 Å². The molecule has 0 radical (unpaired) electrons. The van der Waals surface area contributed by atoms with Gasteiger partial charge in [-0.05, 0) is 26.0 Å². The lowest BCUT2D eigenvalue weighted by Crippen LogP contribution is -2.64. The van der Waals surface area contributed by atoms with Gasteiger partial charge in [0, 0.05) is 25.0 Å². The van der Waals surface area contributed by atoms with Gasteiger partial charge in [0.15, 0.2) is 12.2 Å². The zero-order chi connectivity index (χ0) is 20.2. The second-order valence-corrected chi connectivity index (χ2v) is 6.97. The molecule has 4 rings (SSSR count). The Kier molecular flexibility index (Phi) is 4.14. The number of hydrogen-bond donors (Lipinski definition) is 0. The van der Waals surface area contributed by atoms with Crippen molar-refractivity contribution in [2.45, 2.75) is 26.1 Å². The number of benzene rings is 1. The first kappa shape index (κ1) is 18.1. The van der Waals surface area contributed by atoms with Crippen molar-refractivity contribution < 1.29 is 14.3 Å². The quantitative estimate of drug-likeness (QED) is 0.748. The first-order valence-corrected chi connectivity index (χ1v) is 9.09. The van der Waals surface area contributed by atoms with Crippen molar-refractivity contribution in [3.05, 3.63) is 48.3 Å². The van der Waals surface area contributed by atoms with Crippen LogP contribution < -0.4 is 9.64 Å². The maximum Gasteiger partial charge on any atom is 0.328 e. The highest BCUT2D eigenvalue weighted by molar-refractivity contribution is 6.11. The number of allylic oxidation sites excluding steroid dienone is 2. The molecular formula is C20H23N5O3. The number of ether oxygens (including phenoxy) is 1. The second-order valence-electron chi connectivity index (χ2n) is 6.97. The molecule has 146 valence electrons. The summed E-state index contributed by atoms with van der Waals surface area (Å²) in [5.41, 5.74) is 2.72. The van der Waals surface area contributed by atoms with E-state index in [0.29, 0.717) is 11.7 Å². The Balaban J connectivity index is 1.81. The van der Waals surface area contributed by atoms with Crippen LogP contribution in [0.4, 0.5) is 10.5 Å². The molecule has 0 N–H and O–H groups in total.